The van der Waals surface area contributed by atoms with Gasteiger partial charge in [0, 0.05) is 38.6 Å². The van der Waals surface area contributed by atoms with E-state index in [9.17, 15) is 18.0 Å². The molecule has 0 bridgehead atoms. The number of aliphatic imine (C=N–C) groups is 1. The highest BCUT2D eigenvalue weighted by Gasteiger charge is 2.33. The number of amides is 1. The third-order valence-electron chi connectivity index (χ3n) is 5.49. The van der Waals surface area contributed by atoms with E-state index in [1.54, 1.807) is 27.0 Å². The first-order valence-electron chi connectivity index (χ1n) is 11.5. The molecule has 0 saturated heterocycles. The molecule has 2 aromatic rings. The maximum Gasteiger partial charge on any atom is 0.417 e. The molecule has 0 saturated carbocycles. The number of hydrogen-bond acceptors (Lipinski definition) is 6. The molecule has 3 heterocycles. The van der Waals surface area contributed by atoms with Gasteiger partial charge in [0.2, 0.25) is 0 Å². The van der Waals surface area contributed by atoms with Gasteiger partial charge in [0.05, 0.1) is 11.3 Å². The number of rotatable bonds is 4. The van der Waals surface area contributed by atoms with E-state index in [1.165, 1.54) is 7.05 Å². The molecule has 1 aliphatic rings. The molecular formula is C24H30F3N7O2S. The van der Waals surface area contributed by atoms with Crippen LogP contribution in [0.1, 0.15) is 57.0 Å². The molecule has 0 unspecified atom stereocenters. The van der Waals surface area contributed by atoms with Crippen molar-refractivity contribution >= 4 is 40.8 Å². The first kappa shape index (κ1) is 28.3. The molecule has 3 rings (SSSR count). The second-order valence-electron chi connectivity index (χ2n) is 9.89. The number of nitrogens with zero attached hydrogens (tertiary/aromatic N) is 5. The Balaban J connectivity index is 1.85. The van der Waals surface area contributed by atoms with E-state index in [2.05, 4.69) is 39.0 Å². The molecule has 0 aliphatic carbocycles. The molecule has 3 N–H and O–H groups in total. The fourth-order valence-corrected chi connectivity index (χ4v) is 3.69. The van der Waals surface area contributed by atoms with Crippen LogP contribution in [0.15, 0.2) is 29.5 Å². The van der Waals surface area contributed by atoms with Crippen molar-refractivity contribution in [3.8, 4) is 0 Å². The summed E-state index contributed by atoms with van der Waals surface area (Å²) in [5, 5.41) is 2.49. The zero-order chi connectivity index (χ0) is 27.7. The van der Waals surface area contributed by atoms with Gasteiger partial charge in [-0.05, 0) is 70.1 Å². The number of carbonyl (C=O) groups excluding carboxylic acids is 1. The lowest BCUT2D eigenvalue weighted by Gasteiger charge is -2.26. The number of amidine groups is 1. The van der Waals surface area contributed by atoms with Gasteiger partial charge in [-0.2, -0.15) is 13.2 Å². The standard InChI is InChI=1S/C24H30F3N7O2S/c1-13(2)34-11-14-7-17(29-9-15(14)12-34)19(28)31-21(37)32-20-18(8-16(10-30-20)24(25,26)27)33(6)22(35)36-23(3,4)5/h7-10,13H,11-12H2,1-6H3,(H3,28,30,31,32,37). The Kier molecular flexibility index (Phi) is 8.08. The molecule has 1 amide bonds. The smallest absolute Gasteiger partial charge is 0.417 e. The maximum absolute atomic E-state index is 13.4. The number of anilines is 2. The lowest BCUT2D eigenvalue weighted by Crippen LogP contribution is -2.35. The zero-order valence-electron chi connectivity index (χ0n) is 21.5. The van der Waals surface area contributed by atoms with Crippen LogP contribution < -0.4 is 16.0 Å². The number of alkyl halides is 3. The van der Waals surface area contributed by atoms with Crippen molar-refractivity contribution in [3.63, 3.8) is 0 Å². The predicted molar refractivity (Wildman–Crippen MR) is 139 cm³/mol. The number of ether oxygens (including phenoxy) is 1. The maximum atomic E-state index is 13.4. The van der Waals surface area contributed by atoms with E-state index in [1.807, 2.05) is 6.07 Å². The predicted octanol–water partition coefficient (Wildman–Crippen LogP) is 4.69. The largest absolute Gasteiger partial charge is 0.443 e. The number of halogens is 3. The molecule has 13 heteroatoms. The molecule has 200 valence electrons. The molecule has 9 nitrogen and oxygen atoms in total. The normalized spacial score (nSPS) is 14.5. The molecule has 0 aromatic carbocycles. The van der Waals surface area contributed by atoms with Gasteiger partial charge < -0.3 is 15.8 Å². The lowest BCUT2D eigenvalue weighted by molar-refractivity contribution is -0.137. The number of hydrogen-bond donors (Lipinski definition) is 2. The van der Waals surface area contributed by atoms with Crippen molar-refractivity contribution in [1.29, 1.82) is 0 Å². The lowest BCUT2D eigenvalue weighted by atomic mass is 10.1. The molecule has 0 spiro atoms. The Morgan fingerprint density at radius 3 is 2.43 bits per heavy atom. The first-order chi connectivity index (χ1) is 17.0. The van der Waals surface area contributed by atoms with Crippen LogP contribution >= 0.6 is 12.2 Å². The van der Waals surface area contributed by atoms with Gasteiger partial charge in [0.1, 0.15) is 11.3 Å². The second-order valence-corrected chi connectivity index (χ2v) is 10.3. The van der Waals surface area contributed by atoms with Crippen LogP contribution in [0, 0.1) is 0 Å². The van der Waals surface area contributed by atoms with Crippen molar-refractivity contribution < 1.29 is 22.7 Å². The van der Waals surface area contributed by atoms with E-state index in [0.29, 0.717) is 17.9 Å². The van der Waals surface area contributed by atoms with E-state index in [-0.39, 0.29) is 22.5 Å². The fraction of sp³-hybridized carbons (Fsp3) is 0.458. The summed E-state index contributed by atoms with van der Waals surface area (Å²) in [6, 6.07) is 3.00. The van der Waals surface area contributed by atoms with Gasteiger partial charge in [-0.1, -0.05) is 0 Å². The Labute approximate surface area is 218 Å². The van der Waals surface area contributed by atoms with Crippen LogP contribution in [0.25, 0.3) is 0 Å². The Hall–Kier alpha value is -3.32. The van der Waals surface area contributed by atoms with Crippen LogP contribution in [0.4, 0.5) is 29.5 Å². The molecule has 0 fully saturated rings. The summed E-state index contributed by atoms with van der Waals surface area (Å²) in [6.07, 6.45) is -3.17. The minimum atomic E-state index is -4.68. The summed E-state index contributed by atoms with van der Waals surface area (Å²) in [7, 11) is 1.27. The van der Waals surface area contributed by atoms with Crippen LogP contribution in [-0.2, 0) is 24.0 Å². The summed E-state index contributed by atoms with van der Waals surface area (Å²) in [5.74, 6) is -0.102. The topological polar surface area (TPSA) is 109 Å². The number of nitrogens with two attached hydrogens (primary N) is 1. The number of nitrogens with one attached hydrogen (secondary N) is 1. The van der Waals surface area contributed by atoms with Crippen molar-refractivity contribution in [2.24, 2.45) is 10.7 Å². The van der Waals surface area contributed by atoms with E-state index >= 15 is 0 Å². The van der Waals surface area contributed by atoms with Crippen molar-refractivity contribution in [2.75, 3.05) is 17.3 Å². The van der Waals surface area contributed by atoms with E-state index < -0.39 is 23.4 Å². The Morgan fingerprint density at radius 2 is 1.84 bits per heavy atom. The van der Waals surface area contributed by atoms with Gasteiger partial charge in [-0.25, -0.2) is 14.8 Å². The third kappa shape index (κ3) is 7.13. The van der Waals surface area contributed by atoms with Crippen molar-refractivity contribution in [2.45, 2.75) is 65.5 Å². The quantitative estimate of drug-likeness (QED) is 0.328. The molecule has 1 aliphatic heterocycles. The molecule has 0 radical (unpaired) electrons. The zero-order valence-corrected chi connectivity index (χ0v) is 22.3. The van der Waals surface area contributed by atoms with Gasteiger partial charge in [0.15, 0.2) is 16.8 Å². The monoisotopic (exact) mass is 537 g/mol. The fourth-order valence-electron chi connectivity index (χ4n) is 3.50. The molecule has 0 atom stereocenters. The highest BCUT2D eigenvalue weighted by atomic mass is 32.1. The highest BCUT2D eigenvalue weighted by Crippen LogP contribution is 2.34. The Bertz CT molecular complexity index is 1230. The van der Waals surface area contributed by atoms with E-state index in [0.717, 1.165) is 35.2 Å². The molecule has 37 heavy (non-hydrogen) atoms. The Morgan fingerprint density at radius 1 is 1.19 bits per heavy atom. The highest BCUT2D eigenvalue weighted by molar-refractivity contribution is 7.80. The number of thiocarbonyl (C=S) groups is 1. The number of aromatic nitrogens is 2. The minimum absolute atomic E-state index is 0.0252. The minimum Gasteiger partial charge on any atom is -0.443 e. The SMILES string of the molecule is CC(C)N1Cc2cnc(C(N)=NC(=S)Nc3ncc(C(F)(F)F)cc3N(C)C(=O)OC(C)(C)C)cc2C1. The number of fused-ring (bicyclic) bond motifs is 1. The van der Waals surface area contributed by atoms with Crippen molar-refractivity contribution in [3.05, 3.63) is 46.9 Å². The number of carbonyl (C=O) groups is 1. The summed E-state index contributed by atoms with van der Waals surface area (Å²) in [5.41, 5.74) is 6.62. The number of pyridine rings is 2. The summed E-state index contributed by atoms with van der Waals surface area (Å²) < 4.78 is 45.3. The van der Waals surface area contributed by atoms with Crippen LogP contribution in [0.3, 0.4) is 0 Å². The van der Waals surface area contributed by atoms with Crippen LogP contribution in [0.2, 0.25) is 0 Å². The summed E-state index contributed by atoms with van der Waals surface area (Å²) >= 11 is 5.26. The van der Waals surface area contributed by atoms with Crippen LogP contribution in [0.5, 0.6) is 0 Å². The molecule has 2 aromatic heterocycles. The van der Waals surface area contributed by atoms with Gasteiger partial charge >= 0.3 is 12.3 Å². The average Bonchev–Trinajstić information content (AvgIpc) is 3.20. The van der Waals surface area contributed by atoms with E-state index in [4.69, 9.17) is 22.7 Å². The van der Waals surface area contributed by atoms with Gasteiger partial charge in [-0.15, -0.1) is 0 Å². The third-order valence-corrected chi connectivity index (χ3v) is 5.69. The van der Waals surface area contributed by atoms with Crippen molar-refractivity contribution in [1.82, 2.24) is 14.9 Å². The first-order valence-corrected chi connectivity index (χ1v) is 11.9. The average molecular weight is 538 g/mol. The summed E-state index contributed by atoms with van der Waals surface area (Å²) in [6.45, 7) is 10.7. The van der Waals surface area contributed by atoms with Crippen LogP contribution in [-0.4, -0.2) is 50.6 Å². The summed E-state index contributed by atoms with van der Waals surface area (Å²) in [4.78, 5) is 28.1. The van der Waals surface area contributed by atoms with Gasteiger partial charge in [0.25, 0.3) is 0 Å². The molecular weight excluding hydrogens is 507 g/mol. The second kappa shape index (κ2) is 10.6. The van der Waals surface area contributed by atoms with Gasteiger partial charge in [-0.3, -0.25) is 14.8 Å².